The molecule has 0 aromatic carbocycles. The average molecular weight is 243 g/mol. The molecule has 0 aromatic heterocycles. The van der Waals surface area contributed by atoms with E-state index >= 15 is 0 Å². The second-order valence-electron chi connectivity index (χ2n) is 4.49. The molecule has 0 saturated heterocycles. The standard InChI is InChI=1S/C14H29NO2/c1-3-17-14(16)12-10-8-6-4-5-7-9-11-13-15-2/h15H,3-13H2,1-2H3. The number of carbonyl (C=O) groups is 1. The third-order valence-corrected chi connectivity index (χ3v) is 2.86. The molecule has 0 unspecified atom stereocenters. The van der Waals surface area contributed by atoms with Crippen molar-refractivity contribution < 1.29 is 9.53 Å². The van der Waals surface area contributed by atoms with Gasteiger partial charge >= 0.3 is 5.97 Å². The van der Waals surface area contributed by atoms with E-state index in [4.69, 9.17) is 4.74 Å². The smallest absolute Gasteiger partial charge is 0.305 e. The predicted octanol–water partition coefficient (Wildman–Crippen LogP) is 3.28. The van der Waals surface area contributed by atoms with Crippen molar-refractivity contribution in [1.82, 2.24) is 5.32 Å². The Kier molecular flexibility index (Phi) is 13.0. The lowest BCUT2D eigenvalue weighted by molar-refractivity contribution is -0.143. The second-order valence-corrected chi connectivity index (χ2v) is 4.49. The first-order chi connectivity index (χ1) is 8.31. The molecule has 0 amide bonds. The molecule has 3 nitrogen and oxygen atoms in total. The van der Waals surface area contributed by atoms with Crippen molar-refractivity contribution in [1.29, 1.82) is 0 Å². The monoisotopic (exact) mass is 243 g/mol. The second kappa shape index (κ2) is 13.5. The summed E-state index contributed by atoms with van der Waals surface area (Å²) in [7, 11) is 2.00. The molecule has 0 aliphatic rings. The van der Waals surface area contributed by atoms with Crippen molar-refractivity contribution in [3.63, 3.8) is 0 Å². The molecule has 0 bridgehead atoms. The number of rotatable bonds is 12. The van der Waals surface area contributed by atoms with Gasteiger partial charge in [0, 0.05) is 6.42 Å². The van der Waals surface area contributed by atoms with E-state index in [1.807, 2.05) is 14.0 Å². The first-order valence-corrected chi connectivity index (χ1v) is 7.11. The Morgan fingerprint density at radius 3 is 2.00 bits per heavy atom. The number of nitrogens with one attached hydrogen (secondary N) is 1. The molecule has 3 heteroatoms. The van der Waals surface area contributed by atoms with E-state index in [2.05, 4.69) is 5.32 Å². The summed E-state index contributed by atoms with van der Waals surface area (Å²) >= 11 is 0. The highest BCUT2D eigenvalue weighted by atomic mass is 16.5. The van der Waals surface area contributed by atoms with Crippen LogP contribution in [0.15, 0.2) is 0 Å². The lowest BCUT2D eigenvalue weighted by atomic mass is 10.1. The molecule has 0 aliphatic carbocycles. The topological polar surface area (TPSA) is 38.3 Å². The van der Waals surface area contributed by atoms with Crippen LogP contribution >= 0.6 is 0 Å². The van der Waals surface area contributed by atoms with Crippen LogP contribution in [0, 0.1) is 0 Å². The van der Waals surface area contributed by atoms with Crippen molar-refractivity contribution >= 4 is 5.97 Å². The lowest BCUT2D eigenvalue weighted by Crippen LogP contribution is -2.06. The van der Waals surface area contributed by atoms with Crippen LogP contribution in [-0.2, 0) is 9.53 Å². The Labute approximate surface area is 106 Å². The van der Waals surface area contributed by atoms with Crippen LogP contribution < -0.4 is 5.32 Å². The van der Waals surface area contributed by atoms with Crippen LogP contribution in [0.1, 0.15) is 64.7 Å². The molecular weight excluding hydrogens is 214 g/mol. The number of hydrogen-bond acceptors (Lipinski definition) is 3. The Bertz CT molecular complexity index is 172. The van der Waals surface area contributed by atoms with E-state index in [0.717, 1.165) is 19.4 Å². The Hall–Kier alpha value is -0.570. The number of carbonyl (C=O) groups excluding carboxylic acids is 1. The third-order valence-electron chi connectivity index (χ3n) is 2.86. The zero-order valence-corrected chi connectivity index (χ0v) is 11.6. The number of hydrogen-bond donors (Lipinski definition) is 1. The van der Waals surface area contributed by atoms with E-state index in [9.17, 15) is 4.79 Å². The van der Waals surface area contributed by atoms with Gasteiger partial charge in [-0.15, -0.1) is 0 Å². The number of ether oxygens (including phenoxy) is 1. The van der Waals surface area contributed by atoms with E-state index in [0.29, 0.717) is 13.0 Å². The Morgan fingerprint density at radius 2 is 1.47 bits per heavy atom. The quantitative estimate of drug-likeness (QED) is 0.422. The summed E-state index contributed by atoms with van der Waals surface area (Å²) in [6.45, 7) is 3.50. The van der Waals surface area contributed by atoms with Crippen LogP contribution in [0.5, 0.6) is 0 Å². The molecule has 0 saturated carbocycles. The average Bonchev–Trinajstić information content (AvgIpc) is 2.32. The van der Waals surface area contributed by atoms with Crippen LogP contribution in [0.3, 0.4) is 0 Å². The van der Waals surface area contributed by atoms with Crippen molar-refractivity contribution in [2.45, 2.75) is 64.7 Å². The highest BCUT2D eigenvalue weighted by molar-refractivity contribution is 5.69. The highest BCUT2D eigenvalue weighted by Gasteiger charge is 2.00. The summed E-state index contributed by atoms with van der Waals surface area (Å²) in [5, 5.41) is 3.16. The zero-order chi connectivity index (χ0) is 12.8. The molecular formula is C14H29NO2. The molecule has 1 N–H and O–H groups in total. The Morgan fingerprint density at radius 1 is 0.941 bits per heavy atom. The fourth-order valence-electron chi connectivity index (χ4n) is 1.86. The maximum atomic E-state index is 11.1. The summed E-state index contributed by atoms with van der Waals surface area (Å²) in [5.41, 5.74) is 0. The number of unbranched alkanes of at least 4 members (excludes halogenated alkanes) is 7. The van der Waals surface area contributed by atoms with Gasteiger partial charge in [0.1, 0.15) is 0 Å². The van der Waals surface area contributed by atoms with Crippen LogP contribution in [0.2, 0.25) is 0 Å². The lowest BCUT2D eigenvalue weighted by Gasteiger charge is -2.03. The van der Waals surface area contributed by atoms with Gasteiger partial charge in [-0.2, -0.15) is 0 Å². The van der Waals surface area contributed by atoms with Gasteiger partial charge in [-0.3, -0.25) is 4.79 Å². The first kappa shape index (κ1) is 16.4. The molecule has 0 spiro atoms. The van der Waals surface area contributed by atoms with Gasteiger partial charge in [-0.05, 0) is 33.4 Å². The minimum atomic E-state index is -0.0421. The molecule has 0 heterocycles. The molecule has 0 aliphatic heterocycles. The molecule has 0 atom stereocenters. The fourth-order valence-corrected chi connectivity index (χ4v) is 1.86. The molecule has 0 radical (unpaired) electrons. The van der Waals surface area contributed by atoms with Gasteiger partial charge in [0.05, 0.1) is 6.61 Å². The van der Waals surface area contributed by atoms with Crippen LogP contribution in [0.25, 0.3) is 0 Å². The summed E-state index contributed by atoms with van der Waals surface area (Å²) in [4.78, 5) is 11.1. The van der Waals surface area contributed by atoms with Crippen molar-refractivity contribution in [2.75, 3.05) is 20.2 Å². The van der Waals surface area contributed by atoms with E-state index in [1.165, 1.54) is 38.5 Å². The number of esters is 1. The normalized spacial score (nSPS) is 10.5. The molecule has 102 valence electrons. The molecule has 17 heavy (non-hydrogen) atoms. The van der Waals surface area contributed by atoms with Gasteiger partial charge in [-0.25, -0.2) is 0 Å². The van der Waals surface area contributed by atoms with Gasteiger partial charge in [-0.1, -0.05) is 38.5 Å². The van der Waals surface area contributed by atoms with Crippen molar-refractivity contribution in [3.05, 3.63) is 0 Å². The zero-order valence-electron chi connectivity index (χ0n) is 11.6. The van der Waals surface area contributed by atoms with Gasteiger partial charge in [0.15, 0.2) is 0 Å². The SMILES string of the molecule is CCOC(=O)CCCCCCCCCCNC. The van der Waals surface area contributed by atoms with Gasteiger partial charge < -0.3 is 10.1 Å². The minimum absolute atomic E-state index is 0.0421. The van der Waals surface area contributed by atoms with E-state index < -0.39 is 0 Å². The summed E-state index contributed by atoms with van der Waals surface area (Å²) in [5.74, 6) is -0.0421. The van der Waals surface area contributed by atoms with Crippen LogP contribution in [-0.4, -0.2) is 26.2 Å². The molecule has 0 aromatic rings. The molecule has 0 rings (SSSR count). The summed E-state index contributed by atoms with van der Waals surface area (Å²) in [6, 6.07) is 0. The molecule has 0 fully saturated rings. The Balaban J connectivity index is 3.01. The largest absolute Gasteiger partial charge is 0.466 e. The van der Waals surface area contributed by atoms with Crippen molar-refractivity contribution in [2.24, 2.45) is 0 Å². The minimum Gasteiger partial charge on any atom is -0.466 e. The maximum Gasteiger partial charge on any atom is 0.305 e. The summed E-state index contributed by atoms with van der Waals surface area (Å²) < 4.78 is 4.88. The maximum absolute atomic E-state index is 11.1. The van der Waals surface area contributed by atoms with Crippen molar-refractivity contribution in [3.8, 4) is 0 Å². The summed E-state index contributed by atoms with van der Waals surface area (Å²) in [6.07, 6.45) is 10.6. The van der Waals surface area contributed by atoms with E-state index in [-0.39, 0.29) is 5.97 Å². The van der Waals surface area contributed by atoms with Crippen LogP contribution in [0.4, 0.5) is 0 Å². The predicted molar refractivity (Wildman–Crippen MR) is 72.1 cm³/mol. The van der Waals surface area contributed by atoms with Gasteiger partial charge in [0.25, 0.3) is 0 Å². The van der Waals surface area contributed by atoms with Gasteiger partial charge in [0.2, 0.25) is 0 Å². The highest BCUT2D eigenvalue weighted by Crippen LogP contribution is 2.09. The van der Waals surface area contributed by atoms with E-state index in [1.54, 1.807) is 0 Å². The first-order valence-electron chi connectivity index (χ1n) is 7.11. The third kappa shape index (κ3) is 13.4. The fraction of sp³-hybridized carbons (Fsp3) is 0.929.